The molecule has 4 nitrogen and oxygen atoms in total. The van der Waals surface area contributed by atoms with Crippen LogP contribution >= 0.6 is 11.8 Å². The number of benzene rings is 4. The number of phenols is 1. The zero-order valence-electron chi connectivity index (χ0n) is 30.7. The van der Waals surface area contributed by atoms with Crippen LogP contribution in [-0.4, -0.2) is 25.3 Å². The monoisotopic (exact) mass is 729 g/mol. The van der Waals surface area contributed by atoms with Gasteiger partial charge in [-0.1, -0.05) is 122 Å². The molecular weight excluding hydrogens is 691 g/mol. The van der Waals surface area contributed by atoms with E-state index >= 15 is 0 Å². The van der Waals surface area contributed by atoms with Crippen molar-refractivity contribution in [3.05, 3.63) is 184 Å². The fourth-order valence-corrected chi connectivity index (χ4v) is 11.1. The van der Waals surface area contributed by atoms with E-state index in [2.05, 4.69) is 116 Å². The number of aromatic nitrogens is 3. The predicted octanol–water partition coefficient (Wildman–Crippen LogP) is 11.8. The first-order chi connectivity index (χ1) is 27.1. The minimum absolute atomic E-state index is 0.136. The zero-order valence-corrected chi connectivity index (χ0v) is 31.5. The van der Waals surface area contributed by atoms with Crippen molar-refractivity contribution < 1.29 is 5.11 Å². The lowest BCUT2D eigenvalue weighted by Crippen LogP contribution is -2.17. The minimum Gasteiger partial charge on any atom is -0.507 e. The number of aromatic hydroxyl groups is 1. The Bertz CT molecular complexity index is 2690. The Kier molecular flexibility index (Phi) is 7.67. The van der Waals surface area contributed by atoms with Crippen LogP contribution in [0.3, 0.4) is 0 Å². The number of hydrogen-bond donors (Lipinski definition) is 1. The van der Waals surface area contributed by atoms with E-state index in [1.54, 1.807) is 0 Å². The molecule has 0 saturated heterocycles. The number of thioether (sulfide) groups is 1. The molecule has 5 heteroatoms. The van der Waals surface area contributed by atoms with E-state index in [1.165, 1.54) is 49.4 Å². The van der Waals surface area contributed by atoms with Crippen LogP contribution in [-0.2, 0) is 12.8 Å². The molecule has 0 radical (unpaired) electrons. The maximum Gasteiger partial charge on any atom is 0.164 e. The molecule has 1 N–H and O–H groups in total. The number of aryl methyl sites for hydroxylation is 1. The van der Waals surface area contributed by atoms with Gasteiger partial charge in [0.1, 0.15) is 5.75 Å². The van der Waals surface area contributed by atoms with E-state index in [-0.39, 0.29) is 22.8 Å². The second kappa shape index (κ2) is 12.9. The lowest BCUT2D eigenvalue weighted by atomic mass is 9.71. The Hall–Kier alpha value is -5.78. The van der Waals surface area contributed by atoms with Crippen molar-refractivity contribution in [1.29, 1.82) is 0 Å². The molecule has 1 aromatic heterocycles. The minimum atomic E-state index is 0.136. The summed E-state index contributed by atoms with van der Waals surface area (Å²) < 4.78 is 0. The number of hydrogen-bond acceptors (Lipinski definition) is 5. The van der Waals surface area contributed by atoms with Crippen molar-refractivity contribution in [2.24, 2.45) is 5.92 Å². The topological polar surface area (TPSA) is 58.9 Å². The Morgan fingerprint density at radius 3 is 2.55 bits per heavy atom. The third-order valence-electron chi connectivity index (χ3n) is 12.2. The first-order valence-electron chi connectivity index (χ1n) is 19.5. The molecule has 3 unspecified atom stereocenters. The lowest BCUT2D eigenvalue weighted by Gasteiger charge is -2.33. The predicted molar refractivity (Wildman–Crippen MR) is 225 cm³/mol. The van der Waals surface area contributed by atoms with Crippen LogP contribution in [0.1, 0.15) is 71.6 Å². The zero-order chi connectivity index (χ0) is 36.6. The normalized spacial score (nSPS) is 21.6. The summed E-state index contributed by atoms with van der Waals surface area (Å²) in [5, 5.41) is 11.9. The Labute approximate surface area is 326 Å². The van der Waals surface area contributed by atoms with Crippen LogP contribution in [0.4, 0.5) is 0 Å². The van der Waals surface area contributed by atoms with E-state index in [0.29, 0.717) is 17.5 Å². The van der Waals surface area contributed by atoms with Crippen LogP contribution in [0.25, 0.3) is 44.8 Å². The Balaban J connectivity index is 1.07. The summed E-state index contributed by atoms with van der Waals surface area (Å²) in [4.78, 5) is 17.0. The van der Waals surface area contributed by atoms with Crippen molar-refractivity contribution in [3.63, 3.8) is 0 Å². The van der Waals surface area contributed by atoms with Gasteiger partial charge in [0.25, 0.3) is 0 Å². The highest BCUT2D eigenvalue weighted by Crippen LogP contribution is 2.53. The van der Waals surface area contributed by atoms with Gasteiger partial charge in [-0.15, -0.1) is 11.8 Å². The molecule has 0 saturated carbocycles. The first kappa shape index (κ1) is 32.6. The summed E-state index contributed by atoms with van der Waals surface area (Å²) in [7, 11) is 0. The molecule has 0 spiro atoms. The van der Waals surface area contributed by atoms with E-state index < -0.39 is 0 Å². The molecular formula is C50H39N3OS. The molecule has 3 atom stereocenters. The summed E-state index contributed by atoms with van der Waals surface area (Å²) in [5.41, 5.74) is 17.4. The van der Waals surface area contributed by atoms with E-state index in [4.69, 9.17) is 15.0 Å². The van der Waals surface area contributed by atoms with Gasteiger partial charge < -0.3 is 5.11 Å². The van der Waals surface area contributed by atoms with Gasteiger partial charge in [-0.05, 0) is 112 Å². The van der Waals surface area contributed by atoms with Crippen LogP contribution in [0.2, 0.25) is 0 Å². The fourth-order valence-electron chi connectivity index (χ4n) is 9.63. The SMILES string of the molecule is CC1CC=CC(c2nc(C3=CC=CC4c5ccccc5SC34)nc(-c3ccccc3)n2)=C1c1cc(-c2ccc3c4c2CC=C2CC=CC(=C24)CC3)ccc1O. The van der Waals surface area contributed by atoms with Crippen LogP contribution in [0.5, 0.6) is 5.75 Å². The maximum absolute atomic E-state index is 11.7. The number of nitrogens with zero attached hydrogens (tertiary/aromatic N) is 3. The van der Waals surface area contributed by atoms with Gasteiger partial charge in [-0.2, -0.15) is 0 Å². The number of phenolic OH excluding ortho intramolecular Hbond substituents is 1. The quantitative estimate of drug-likeness (QED) is 0.195. The molecule has 2 heterocycles. The number of allylic oxidation sites excluding steroid dienone is 13. The molecule has 0 bridgehead atoms. The smallest absolute Gasteiger partial charge is 0.164 e. The van der Waals surface area contributed by atoms with Crippen molar-refractivity contribution >= 4 is 34.1 Å². The number of fused-ring (bicyclic) bond motifs is 3. The first-order valence-corrected chi connectivity index (χ1v) is 20.4. The molecule has 0 fully saturated rings. The highest BCUT2D eigenvalue weighted by atomic mass is 32.2. The van der Waals surface area contributed by atoms with Gasteiger partial charge in [0.15, 0.2) is 17.5 Å². The molecule has 1 aliphatic heterocycles. The molecule has 5 aliphatic carbocycles. The Morgan fingerprint density at radius 2 is 1.62 bits per heavy atom. The van der Waals surface area contributed by atoms with Crippen LogP contribution in [0.15, 0.2) is 150 Å². The van der Waals surface area contributed by atoms with Crippen molar-refractivity contribution in [2.45, 2.75) is 55.1 Å². The van der Waals surface area contributed by atoms with Crippen molar-refractivity contribution in [3.8, 4) is 28.3 Å². The largest absolute Gasteiger partial charge is 0.507 e. The van der Waals surface area contributed by atoms with E-state index in [1.807, 2.05) is 36.0 Å². The van der Waals surface area contributed by atoms with Gasteiger partial charge in [0.2, 0.25) is 0 Å². The molecule has 5 aromatic rings. The summed E-state index contributed by atoms with van der Waals surface area (Å²) in [6, 6.07) is 29.8. The number of rotatable bonds is 5. The highest BCUT2D eigenvalue weighted by Gasteiger charge is 2.37. The van der Waals surface area contributed by atoms with Gasteiger partial charge in [0, 0.05) is 38.3 Å². The third-order valence-corrected chi connectivity index (χ3v) is 13.7. The van der Waals surface area contributed by atoms with Gasteiger partial charge in [0.05, 0.1) is 0 Å². The average molecular weight is 730 g/mol. The average Bonchev–Trinajstić information content (AvgIpc) is 3.62. The maximum atomic E-state index is 11.7. The van der Waals surface area contributed by atoms with E-state index in [0.717, 1.165) is 65.5 Å². The molecule has 266 valence electrons. The highest BCUT2D eigenvalue weighted by molar-refractivity contribution is 8.00. The van der Waals surface area contributed by atoms with Crippen molar-refractivity contribution in [2.75, 3.05) is 0 Å². The van der Waals surface area contributed by atoms with Gasteiger partial charge in [-0.3, -0.25) is 0 Å². The molecule has 6 aliphatic rings. The second-order valence-electron chi connectivity index (χ2n) is 15.4. The fraction of sp³-hybridized carbons (Fsp3) is 0.180. The summed E-state index contributed by atoms with van der Waals surface area (Å²) >= 11 is 1.90. The van der Waals surface area contributed by atoms with Gasteiger partial charge >= 0.3 is 0 Å². The van der Waals surface area contributed by atoms with Crippen molar-refractivity contribution in [1.82, 2.24) is 15.0 Å². The molecule has 11 rings (SSSR count). The summed E-state index contributed by atoms with van der Waals surface area (Å²) in [6.45, 7) is 2.25. The summed E-state index contributed by atoms with van der Waals surface area (Å²) in [6.07, 6.45) is 23.1. The third kappa shape index (κ3) is 5.31. The Morgan fingerprint density at radius 1 is 0.764 bits per heavy atom. The van der Waals surface area contributed by atoms with Gasteiger partial charge in [-0.25, -0.2) is 15.0 Å². The molecule has 55 heavy (non-hydrogen) atoms. The van der Waals surface area contributed by atoms with Crippen LogP contribution < -0.4 is 0 Å². The van der Waals surface area contributed by atoms with Crippen LogP contribution in [0, 0.1) is 5.92 Å². The molecule has 0 amide bonds. The lowest BCUT2D eigenvalue weighted by molar-refractivity contribution is 0.472. The van der Waals surface area contributed by atoms with E-state index in [9.17, 15) is 5.11 Å². The standard InChI is InChI=1S/C50H39N3OS/c1-29-10-7-17-39(44(29)41-28-34(24-27-42(41)54)35-25-22-32-21-20-30-13-8-14-31-23-26-37(35)46(32)45(30)31)49-51-48(33-11-3-2-4-12-33)52-50(53-49)40-18-9-16-38-36-15-5-6-19-43(36)55-47(38)40/h2-9,11-13,15-19,22-25,27-29,38,47,54H,10,14,20-21,26H2,1H3. The summed E-state index contributed by atoms with van der Waals surface area (Å²) in [5.74, 6) is 2.65. The molecule has 4 aromatic carbocycles. The second-order valence-corrected chi connectivity index (χ2v) is 16.6.